The average molecular weight is 266 g/mol. The molecule has 0 aliphatic heterocycles. The lowest BCUT2D eigenvalue weighted by molar-refractivity contribution is -0.0351. The molecule has 1 heterocycles. The number of halogens is 1. The second kappa shape index (κ2) is 5.28. The monoisotopic (exact) mass is 266 g/mol. The molecule has 1 aromatic heterocycles. The van der Waals surface area contributed by atoms with Crippen LogP contribution in [0.4, 0.5) is 4.39 Å². The van der Waals surface area contributed by atoms with E-state index in [9.17, 15) is 4.39 Å². The van der Waals surface area contributed by atoms with E-state index in [-0.39, 0.29) is 17.4 Å². The van der Waals surface area contributed by atoms with Crippen LogP contribution in [0.2, 0.25) is 0 Å². The zero-order chi connectivity index (χ0) is 14.0. The van der Waals surface area contributed by atoms with Gasteiger partial charge in [-0.05, 0) is 25.5 Å². The van der Waals surface area contributed by atoms with Crippen LogP contribution < -0.4 is 11.3 Å². The number of ether oxygens (including phenoxy) is 1. The van der Waals surface area contributed by atoms with Crippen molar-refractivity contribution in [3.8, 4) is 0 Å². The third-order valence-electron chi connectivity index (χ3n) is 3.75. The standard InChI is InChI=1S/C14H19FN2O2/c1-4-14(2,18-3)13(17-16)11-8-9-6-5-7-10(15)12(9)19-11/h5-8,13,17H,4,16H2,1-3H3. The Bertz CT molecular complexity index is 564. The Hall–Kier alpha value is -1.43. The fraction of sp³-hybridized carbons (Fsp3) is 0.429. The largest absolute Gasteiger partial charge is 0.456 e. The molecule has 0 spiro atoms. The summed E-state index contributed by atoms with van der Waals surface area (Å²) in [4.78, 5) is 0. The molecule has 0 radical (unpaired) electrons. The lowest BCUT2D eigenvalue weighted by Gasteiger charge is -2.33. The van der Waals surface area contributed by atoms with Crippen molar-refractivity contribution in [2.45, 2.75) is 31.9 Å². The van der Waals surface area contributed by atoms with Gasteiger partial charge < -0.3 is 9.15 Å². The van der Waals surface area contributed by atoms with Crippen molar-refractivity contribution in [1.29, 1.82) is 0 Å². The normalized spacial score (nSPS) is 16.5. The van der Waals surface area contributed by atoms with Crippen LogP contribution in [0.25, 0.3) is 11.0 Å². The van der Waals surface area contributed by atoms with Gasteiger partial charge in [0.05, 0.1) is 5.60 Å². The molecule has 0 amide bonds. The van der Waals surface area contributed by atoms with Gasteiger partial charge in [-0.1, -0.05) is 19.1 Å². The lowest BCUT2D eigenvalue weighted by atomic mass is 9.91. The van der Waals surface area contributed by atoms with Crippen LogP contribution in [0.5, 0.6) is 0 Å². The zero-order valence-corrected chi connectivity index (χ0v) is 11.4. The van der Waals surface area contributed by atoms with Gasteiger partial charge in [0.1, 0.15) is 11.8 Å². The number of para-hydroxylation sites is 1. The number of fused-ring (bicyclic) bond motifs is 1. The third-order valence-corrected chi connectivity index (χ3v) is 3.75. The van der Waals surface area contributed by atoms with E-state index in [0.717, 1.165) is 6.42 Å². The van der Waals surface area contributed by atoms with Crippen molar-refractivity contribution in [3.63, 3.8) is 0 Å². The van der Waals surface area contributed by atoms with Gasteiger partial charge in [0.15, 0.2) is 11.4 Å². The predicted octanol–water partition coefficient (Wildman–Crippen LogP) is 2.89. The number of rotatable bonds is 5. The highest BCUT2D eigenvalue weighted by molar-refractivity contribution is 5.78. The fourth-order valence-electron chi connectivity index (χ4n) is 2.22. The molecular weight excluding hydrogens is 247 g/mol. The first-order valence-electron chi connectivity index (χ1n) is 6.25. The summed E-state index contributed by atoms with van der Waals surface area (Å²) in [5, 5.41) is 0.713. The Morgan fingerprint density at radius 2 is 2.26 bits per heavy atom. The maximum absolute atomic E-state index is 13.7. The number of hydrogen-bond acceptors (Lipinski definition) is 4. The van der Waals surface area contributed by atoms with Crippen molar-refractivity contribution in [1.82, 2.24) is 5.43 Å². The van der Waals surface area contributed by atoms with E-state index in [2.05, 4.69) is 5.43 Å². The van der Waals surface area contributed by atoms with Gasteiger partial charge >= 0.3 is 0 Å². The quantitative estimate of drug-likeness (QED) is 0.645. The number of methoxy groups -OCH3 is 1. The Kier molecular flexibility index (Phi) is 3.89. The van der Waals surface area contributed by atoms with E-state index >= 15 is 0 Å². The highest BCUT2D eigenvalue weighted by atomic mass is 19.1. The molecule has 3 N–H and O–H groups in total. The third kappa shape index (κ3) is 2.36. The van der Waals surface area contributed by atoms with E-state index in [4.69, 9.17) is 15.0 Å². The van der Waals surface area contributed by atoms with Crippen molar-refractivity contribution in [3.05, 3.63) is 35.8 Å². The van der Waals surface area contributed by atoms with Crippen LogP contribution >= 0.6 is 0 Å². The van der Waals surface area contributed by atoms with Crippen LogP contribution in [0.15, 0.2) is 28.7 Å². The van der Waals surface area contributed by atoms with E-state index in [1.54, 1.807) is 25.3 Å². The maximum Gasteiger partial charge on any atom is 0.169 e. The molecule has 2 aromatic rings. The molecule has 2 unspecified atom stereocenters. The van der Waals surface area contributed by atoms with E-state index in [1.807, 2.05) is 13.8 Å². The minimum atomic E-state index is -0.529. The number of furan rings is 1. The van der Waals surface area contributed by atoms with Crippen molar-refractivity contribution in [2.75, 3.05) is 7.11 Å². The maximum atomic E-state index is 13.7. The van der Waals surface area contributed by atoms with E-state index in [1.165, 1.54) is 6.07 Å². The van der Waals surface area contributed by atoms with Crippen LogP contribution in [0.1, 0.15) is 32.1 Å². The number of nitrogens with one attached hydrogen (secondary N) is 1. The molecular formula is C14H19FN2O2. The molecule has 4 nitrogen and oxygen atoms in total. The van der Waals surface area contributed by atoms with Crippen LogP contribution in [-0.2, 0) is 4.74 Å². The molecule has 5 heteroatoms. The molecule has 0 fully saturated rings. The highest BCUT2D eigenvalue weighted by Crippen LogP contribution is 2.34. The summed E-state index contributed by atoms with van der Waals surface area (Å²) in [5.74, 6) is 5.80. The Morgan fingerprint density at radius 1 is 1.53 bits per heavy atom. The summed E-state index contributed by atoms with van der Waals surface area (Å²) in [7, 11) is 1.62. The Labute approximate surface area is 111 Å². The fourth-order valence-corrected chi connectivity index (χ4v) is 2.22. The lowest BCUT2D eigenvalue weighted by Crippen LogP contribution is -2.45. The van der Waals surface area contributed by atoms with E-state index in [0.29, 0.717) is 11.1 Å². The first-order chi connectivity index (χ1) is 9.05. The predicted molar refractivity (Wildman–Crippen MR) is 71.9 cm³/mol. The van der Waals surface area contributed by atoms with Gasteiger partial charge in [0.25, 0.3) is 0 Å². The minimum Gasteiger partial charge on any atom is -0.456 e. The number of nitrogens with two attached hydrogens (primary N) is 1. The number of hydrogen-bond donors (Lipinski definition) is 2. The molecule has 0 saturated heterocycles. The summed E-state index contributed by atoms with van der Waals surface area (Å²) in [6.45, 7) is 3.93. The van der Waals surface area contributed by atoms with Crippen LogP contribution in [0, 0.1) is 5.82 Å². The van der Waals surface area contributed by atoms with Crippen LogP contribution in [0.3, 0.4) is 0 Å². The van der Waals surface area contributed by atoms with Gasteiger partial charge in [-0.15, -0.1) is 0 Å². The molecule has 104 valence electrons. The molecule has 0 bridgehead atoms. The average Bonchev–Trinajstić information content (AvgIpc) is 2.84. The van der Waals surface area contributed by atoms with Crippen LogP contribution in [-0.4, -0.2) is 12.7 Å². The number of benzene rings is 1. The van der Waals surface area contributed by atoms with Crippen molar-refractivity contribution < 1.29 is 13.5 Å². The second-order valence-corrected chi connectivity index (χ2v) is 4.78. The van der Waals surface area contributed by atoms with Gasteiger partial charge in [-0.3, -0.25) is 5.84 Å². The van der Waals surface area contributed by atoms with Gasteiger partial charge in [-0.2, -0.15) is 0 Å². The highest BCUT2D eigenvalue weighted by Gasteiger charge is 2.35. The van der Waals surface area contributed by atoms with Gasteiger partial charge in [-0.25, -0.2) is 9.82 Å². The zero-order valence-electron chi connectivity index (χ0n) is 11.4. The number of hydrazine groups is 1. The molecule has 2 atom stereocenters. The van der Waals surface area contributed by atoms with E-state index < -0.39 is 5.60 Å². The molecule has 0 saturated carbocycles. The smallest absolute Gasteiger partial charge is 0.169 e. The molecule has 0 aliphatic carbocycles. The Balaban J connectivity index is 2.49. The summed E-state index contributed by atoms with van der Waals surface area (Å²) in [6, 6.07) is 6.26. The first-order valence-corrected chi connectivity index (χ1v) is 6.25. The molecule has 1 aromatic carbocycles. The molecule has 2 rings (SSSR count). The van der Waals surface area contributed by atoms with Gasteiger partial charge in [0.2, 0.25) is 0 Å². The molecule has 19 heavy (non-hydrogen) atoms. The summed E-state index contributed by atoms with van der Waals surface area (Å²) in [5.41, 5.74) is 2.41. The minimum absolute atomic E-state index is 0.243. The van der Waals surface area contributed by atoms with Crippen molar-refractivity contribution in [2.24, 2.45) is 5.84 Å². The van der Waals surface area contributed by atoms with Gasteiger partial charge in [0, 0.05) is 12.5 Å². The SMILES string of the molecule is CCC(C)(OC)C(NN)c1cc2cccc(F)c2o1. The molecule has 0 aliphatic rings. The summed E-state index contributed by atoms with van der Waals surface area (Å²) >= 11 is 0. The summed E-state index contributed by atoms with van der Waals surface area (Å²) in [6.07, 6.45) is 0.734. The Morgan fingerprint density at radius 3 is 2.79 bits per heavy atom. The second-order valence-electron chi connectivity index (χ2n) is 4.78. The topological polar surface area (TPSA) is 60.4 Å². The summed E-state index contributed by atoms with van der Waals surface area (Å²) < 4.78 is 24.8. The first kappa shape index (κ1) is 14.0. The van der Waals surface area contributed by atoms with Crippen molar-refractivity contribution >= 4 is 11.0 Å².